The Labute approximate surface area is 128 Å². The number of hydrogen-bond donors (Lipinski definition) is 2. The van der Waals surface area contributed by atoms with Crippen molar-refractivity contribution in [2.75, 3.05) is 26.2 Å². The highest BCUT2D eigenvalue weighted by molar-refractivity contribution is 5.84. The predicted molar refractivity (Wildman–Crippen MR) is 76.4 cm³/mol. The van der Waals surface area contributed by atoms with Crippen LogP contribution >= 0.6 is 0 Å². The smallest absolute Gasteiger partial charge is 0.262 e. The molecule has 5 nitrogen and oxygen atoms in total. The summed E-state index contributed by atoms with van der Waals surface area (Å²) in [5.74, 6) is -2.70. The van der Waals surface area contributed by atoms with E-state index in [-0.39, 0.29) is 17.7 Å². The van der Waals surface area contributed by atoms with Crippen LogP contribution < -0.4 is 10.6 Å². The first-order chi connectivity index (χ1) is 10.4. The summed E-state index contributed by atoms with van der Waals surface area (Å²) in [6.07, 6.45) is 3.42. The first-order valence-corrected chi connectivity index (χ1v) is 8.12. The van der Waals surface area contributed by atoms with Crippen molar-refractivity contribution in [1.82, 2.24) is 15.5 Å². The molecule has 1 aliphatic carbocycles. The Morgan fingerprint density at radius 1 is 1.27 bits per heavy atom. The van der Waals surface area contributed by atoms with E-state index in [1.54, 1.807) is 4.90 Å². The maximum Gasteiger partial charge on any atom is 0.262 e. The van der Waals surface area contributed by atoms with Gasteiger partial charge in [-0.2, -0.15) is 0 Å². The zero-order valence-corrected chi connectivity index (χ0v) is 12.6. The van der Waals surface area contributed by atoms with Gasteiger partial charge in [0.2, 0.25) is 11.8 Å². The Morgan fingerprint density at radius 2 is 2.05 bits per heavy atom. The first kappa shape index (κ1) is 15.6. The van der Waals surface area contributed by atoms with Gasteiger partial charge in [0.05, 0.1) is 18.5 Å². The maximum absolute atomic E-state index is 13.2. The number of rotatable bonds is 4. The Morgan fingerprint density at radius 3 is 2.68 bits per heavy atom. The van der Waals surface area contributed by atoms with Crippen molar-refractivity contribution in [2.45, 2.75) is 44.1 Å². The van der Waals surface area contributed by atoms with Gasteiger partial charge in [-0.1, -0.05) is 0 Å². The van der Waals surface area contributed by atoms with Crippen LogP contribution in [0.4, 0.5) is 8.78 Å². The minimum atomic E-state index is -2.81. The Hall–Kier alpha value is -1.24. The summed E-state index contributed by atoms with van der Waals surface area (Å²) in [5.41, 5.74) is 0. The van der Waals surface area contributed by atoms with Gasteiger partial charge < -0.3 is 10.2 Å². The fourth-order valence-electron chi connectivity index (χ4n) is 3.21. The topological polar surface area (TPSA) is 61.4 Å². The monoisotopic (exact) mass is 315 g/mol. The normalized spacial score (nSPS) is 31.1. The van der Waals surface area contributed by atoms with E-state index in [1.807, 2.05) is 0 Å². The molecule has 1 saturated carbocycles. The Kier molecular flexibility index (Phi) is 4.34. The van der Waals surface area contributed by atoms with Crippen molar-refractivity contribution in [2.24, 2.45) is 11.8 Å². The quantitative estimate of drug-likeness (QED) is 0.805. The van der Waals surface area contributed by atoms with Crippen molar-refractivity contribution < 1.29 is 18.4 Å². The highest BCUT2D eigenvalue weighted by atomic mass is 19.3. The van der Waals surface area contributed by atoms with Gasteiger partial charge in [0.25, 0.3) is 5.92 Å². The molecule has 2 unspecified atom stereocenters. The molecule has 3 aliphatic rings. The van der Waals surface area contributed by atoms with Crippen molar-refractivity contribution in [3.05, 3.63) is 0 Å². The van der Waals surface area contributed by atoms with Crippen LogP contribution in [0.5, 0.6) is 0 Å². The largest absolute Gasteiger partial charge is 0.356 e. The molecule has 0 bridgehead atoms. The molecule has 0 aromatic carbocycles. The summed E-state index contributed by atoms with van der Waals surface area (Å²) in [5, 5.41) is 5.54. The highest BCUT2D eigenvalue weighted by Crippen LogP contribution is 2.29. The molecule has 22 heavy (non-hydrogen) atoms. The van der Waals surface area contributed by atoms with E-state index in [2.05, 4.69) is 10.6 Å². The molecule has 3 rings (SSSR count). The Bertz CT molecular complexity index is 454. The van der Waals surface area contributed by atoms with Crippen LogP contribution in [0.15, 0.2) is 0 Å². The van der Waals surface area contributed by atoms with Crippen LogP contribution in [0, 0.1) is 11.8 Å². The zero-order chi connectivity index (χ0) is 15.7. The van der Waals surface area contributed by atoms with Crippen molar-refractivity contribution >= 4 is 11.8 Å². The van der Waals surface area contributed by atoms with Crippen LogP contribution in [-0.2, 0) is 9.59 Å². The molecule has 0 radical (unpaired) electrons. The summed E-state index contributed by atoms with van der Waals surface area (Å²) in [6.45, 7) is 1.18. The van der Waals surface area contributed by atoms with Crippen molar-refractivity contribution in [3.8, 4) is 0 Å². The van der Waals surface area contributed by atoms with E-state index >= 15 is 0 Å². The van der Waals surface area contributed by atoms with Gasteiger partial charge in [-0.15, -0.1) is 0 Å². The molecule has 2 atom stereocenters. The Balaban J connectivity index is 1.51. The molecule has 3 fully saturated rings. The first-order valence-electron chi connectivity index (χ1n) is 8.12. The van der Waals surface area contributed by atoms with Crippen molar-refractivity contribution in [1.29, 1.82) is 0 Å². The molecule has 0 aromatic heterocycles. The summed E-state index contributed by atoms with van der Waals surface area (Å²) >= 11 is 0. The van der Waals surface area contributed by atoms with Crippen LogP contribution in [0.2, 0.25) is 0 Å². The number of halogens is 2. The molecular weight excluding hydrogens is 292 g/mol. The summed E-state index contributed by atoms with van der Waals surface area (Å²) < 4.78 is 26.4. The maximum atomic E-state index is 13.2. The fourth-order valence-corrected chi connectivity index (χ4v) is 3.21. The molecule has 7 heteroatoms. The minimum absolute atomic E-state index is 0.00545. The molecular formula is C15H23F2N3O2. The van der Waals surface area contributed by atoms with E-state index < -0.39 is 24.9 Å². The molecule has 2 heterocycles. The van der Waals surface area contributed by atoms with Gasteiger partial charge in [0.15, 0.2) is 0 Å². The van der Waals surface area contributed by atoms with Crippen LogP contribution in [-0.4, -0.2) is 54.9 Å². The second kappa shape index (κ2) is 6.10. The number of amides is 2. The van der Waals surface area contributed by atoms with Crippen LogP contribution in [0.3, 0.4) is 0 Å². The third-order valence-electron chi connectivity index (χ3n) is 4.77. The lowest BCUT2D eigenvalue weighted by molar-refractivity contribution is -0.137. The van der Waals surface area contributed by atoms with Gasteiger partial charge in [0, 0.05) is 26.1 Å². The van der Waals surface area contributed by atoms with Gasteiger partial charge in [0.1, 0.15) is 0 Å². The second-order valence-electron chi connectivity index (χ2n) is 6.81. The number of likely N-dealkylation sites (tertiary alicyclic amines) is 1. The number of hydrogen-bond acceptors (Lipinski definition) is 3. The molecule has 2 N–H and O–H groups in total. The number of alkyl halides is 2. The molecule has 0 aromatic rings. The van der Waals surface area contributed by atoms with E-state index in [1.165, 1.54) is 12.8 Å². The van der Waals surface area contributed by atoms with E-state index in [9.17, 15) is 18.4 Å². The second-order valence-corrected chi connectivity index (χ2v) is 6.81. The van der Waals surface area contributed by atoms with Crippen LogP contribution in [0.1, 0.15) is 32.1 Å². The van der Waals surface area contributed by atoms with E-state index in [0.29, 0.717) is 19.0 Å². The number of nitrogens with one attached hydrogen (secondary N) is 2. The fraction of sp³-hybridized carbons (Fsp3) is 0.867. The number of carbonyl (C=O) groups is 2. The average Bonchev–Trinajstić information content (AvgIpc) is 3.26. The predicted octanol–water partition coefficient (Wildman–Crippen LogP) is 0.748. The van der Waals surface area contributed by atoms with Gasteiger partial charge in [-0.25, -0.2) is 8.78 Å². The lowest BCUT2D eigenvalue weighted by Gasteiger charge is -2.33. The van der Waals surface area contributed by atoms with E-state index in [0.717, 1.165) is 19.4 Å². The van der Waals surface area contributed by atoms with Gasteiger partial charge in [-0.05, 0) is 31.6 Å². The van der Waals surface area contributed by atoms with Crippen molar-refractivity contribution in [3.63, 3.8) is 0 Å². The molecule has 124 valence electrons. The standard InChI is InChI=1S/C15H23F2N3O2/c16-15(17)6-12(19-9-15)14(22)20-5-1-2-11(8-20)13(21)18-7-10-3-4-10/h10-12,19H,1-9H2,(H,18,21). The van der Waals surface area contributed by atoms with Gasteiger partial charge >= 0.3 is 0 Å². The van der Waals surface area contributed by atoms with Gasteiger partial charge in [-0.3, -0.25) is 14.9 Å². The van der Waals surface area contributed by atoms with E-state index in [4.69, 9.17) is 0 Å². The summed E-state index contributed by atoms with van der Waals surface area (Å²) in [6, 6.07) is -0.816. The lowest BCUT2D eigenvalue weighted by Crippen LogP contribution is -2.50. The average molecular weight is 315 g/mol. The molecule has 0 spiro atoms. The lowest BCUT2D eigenvalue weighted by atomic mass is 9.96. The molecule has 2 aliphatic heterocycles. The minimum Gasteiger partial charge on any atom is -0.356 e. The SMILES string of the molecule is O=C(NCC1CC1)C1CCCN(C(=O)C2CC(F)(F)CN2)C1. The summed E-state index contributed by atoms with van der Waals surface area (Å²) in [4.78, 5) is 26.0. The summed E-state index contributed by atoms with van der Waals surface area (Å²) in [7, 11) is 0. The zero-order valence-electron chi connectivity index (χ0n) is 12.6. The molecule has 2 saturated heterocycles. The highest BCUT2D eigenvalue weighted by Gasteiger charge is 2.44. The van der Waals surface area contributed by atoms with Crippen LogP contribution in [0.25, 0.3) is 0 Å². The molecule has 2 amide bonds. The number of carbonyl (C=O) groups excluding carboxylic acids is 2. The number of piperidine rings is 1. The number of nitrogens with zero attached hydrogens (tertiary/aromatic N) is 1. The third kappa shape index (κ3) is 3.74. The third-order valence-corrected chi connectivity index (χ3v) is 4.77.